The third-order valence-electron chi connectivity index (χ3n) is 4.44. The predicted molar refractivity (Wildman–Crippen MR) is 105 cm³/mol. The lowest BCUT2D eigenvalue weighted by molar-refractivity contribution is 0.444. The van der Waals surface area contributed by atoms with Crippen molar-refractivity contribution in [3.63, 3.8) is 0 Å². The first kappa shape index (κ1) is 18.8. The molecule has 1 saturated heterocycles. The Kier molecular flexibility index (Phi) is 5.59. The molecule has 0 saturated carbocycles. The molecule has 1 fully saturated rings. The molecule has 3 nitrogen and oxygen atoms in total. The Morgan fingerprint density at radius 3 is 2.42 bits per heavy atom. The van der Waals surface area contributed by atoms with Gasteiger partial charge in [-0.1, -0.05) is 44.2 Å². The molecule has 0 N–H and O–H groups in total. The summed E-state index contributed by atoms with van der Waals surface area (Å²) in [6, 6.07) is 4.38. The van der Waals surface area contributed by atoms with E-state index in [9.17, 15) is 8.42 Å². The zero-order valence-electron chi connectivity index (χ0n) is 15.5. The number of allylic oxidation sites excluding steroid dienone is 1. The maximum Gasteiger partial charge on any atom is 0.147 e. The van der Waals surface area contributed by atoms with E-state index in [4.69, 9.17) is 0 Å². The second-order valence-electron chi connectivity index (χ2n) is 7.30. The number of rotatable bonds is 5. The summed E-state index contributed by atoms with van der Waals surface area (Å²) in [5, 5.41) is 2.46. The minimum atomic E-state index is -2.90. The lowest BCUT2D eigenvalue weighted by Gasteiger charge is -2.41. The van der Waals surface area contributed by atoms with Gasteiger partial charge in [-0.25, -0.2) is 8.42 Å². The van der Waals surface area contributed by atoms with Crippen molar-refractivity contribution < 1.29 is 8.42 Å². The van der Waals surface area contributed by atoms with Crippen molar-refractivity contribution in [1.29, 1.82) is 0 Å². The van der Waals surface area contributed by atoms with Gasteiger partial charge in [-0.05, 0) is 36.6 Å². The molecule has 0 bridgehead atoms. The van der Waals surface area contributed by atoms with Crippen LogP contribution in [0.5, 0.6) is 0 Å². The van der Waals surface area contributed by atoms with Gasteiger partial charge in [0.25, 0.3) is 0 Å². The first-order chi connectivity index (χ1) is 11.1. The van der Waals surface area contributed by atoms with Gasteiger partial charge in [0, 0.05) is 36.2 Å². The van der Waals surface area contributed by atoms with E-state index in [0.717, 1.165) is 18.7 Å². The molecule has 1 aliphatic heterocycles. The van der Waals surface area contributed by atoms with Crippen molar-refractivity contribution in [1.82, 2.24) is 0 Å². The fourth-order valence-corrected chi connectivity index (χ4v) is 4.50. The Bertz CT molecular complexity index is 844. The van der Waals surface area contributed by atoms with Crippen LogP contribution in [0, 0.1) is 5.92 Å². The summed E-state index contributed by atoms with van der Waals surface area (Å²) >= 11 is 0. The van der Waals surface area contributed by atoms with Gasteiger partial charge in [0.2, 0.25) is 0 Å². The standard InChI is InChI=1S/C20H29NO2S/c1-7-17-19(10-14(2)3)18(15(4)5)8-9-20(17)21-11-16(12-21)13-24(6,22)23/h7-10,15-16H,2,11-13H2,1,3-6H3/b17-7+,19-10+. The Morgan fingerprint density at radius 1 is 1.33 bits per heavy atom. The Balaban J connectivity index is 2.43. The first-order valence-electron chi connectivity index (χ1n) is 8.51. The fourth-order valence-electron chi connectivity index (χ4n) is 3.43. The topological polar surface area (TPSA) is 37.4 Å². The van der Waals surface area contributed by atoms with E-state index in [-0.39, 0.29) is 11.7 Å². The molecular formula is C20H29NO2S. The molecule has 0 spiro atoms. The van der Waals surface area contributed by atoms with E-state index in [1.54, 1.807) is 0 Å². The van der Waals surface area contributed by atoms with E-state index in [2.05, 4.69) is 56.5 Å². The number of nitrogens with zero attached hydrogens (tertiary/aromatic N) is 1. The van der Waals surface area contributed by atoms with Crippen LogP contribution in [0.3, 0.4) is 0 Å². The molecule has 1 aromatic rings. The summed E-state index contributed by atoms with van der Waals surface area (Å²) in [6.07, 6.45) is 5.63. The van der Waals surface area contributed by atoms with Gasteiger partial charge in [-0.2, -0.15) is 0 Å². The fraction of sp³-hybridized carbons (Fsp3) is 0.500. The highest BCUT2D eigenvalue weighted by Crippen LogP contribution is 2.23. The van der Waals surface area contributed by atoms with Crippen LogP contribution in [-0.4, -0.2) is 33.5 Å². The van der Waals surface area contributed by atoms with Gasteiger partial charge in [0.1, 0.15) is 9.84 Å². The van der Waals surface area contributed by atoms with Crippen molar-refractivity contribution in [2.24, 2.45) is 5.92 Å². The summed E-state index contributed by atoms with van der Waals surface area (Å²) in [5.41, 5.74) is 3.55. The molecule has 0 aliphatic carbocycles. The number of anilines is 1. The molecule has 132 valence electrons. The Hall–Kier alpha value is -1.55. The van der Waals surface area contributed by atoms with Crippen LogP contribution in [0.2, 0.25) is 0 Å². The van der Waals surface area contributed by atoms with Crippen LogP contribution in [0.4, 0.5) is 5.69 Å². The lowest BCUT2D eigenvalue weighted by Crippen LogP contribution is -2.52. The van der Waals surface area contributed by atoms with Crippen molar-refractivity contribution in [2.75, 3.05) is 30.0 Å². The molecule has 2 rings (SSSR count). The van der Waals surface area contributed by atoms with Gasteiger partial charge >= 0.3 is 0 Å². The molecule has 0 amide bonds. The number of sulfone groups is 1. The first-order valence-corrected chi connectivity index (χ1v) is 10.6. The average Bonchev–Trinajstić information content (AvgIpc) is 2.40. The van der Waals surface area contributed by atoms with E-state index in [0.29, 0.717) is 5.92 Å². The molecule has 24 heavy (non-hydrogen) atoms. The molecule has 0 unspecified atom stereocenters. The van der Waals surface area contributed by atoms with Crippen LogP contribution in [0.1, 0.15) is 39.2 Å². The van der Waals surface area contributed by atoms with Gasteiger partial charge in [0.15, 0.2) is 0 Å². The third kappa shape index (κ3) is 4.29. The lowest BCUT2D eigenvalue weighted by atomic mass is 9.94. The van der Waals surface area contributed by atoms with Gasteiger partial charge in [-0.15, -0.1) is 0 Å². The number of hydrogen-bond acceptors (Lipinski definition) is 3. The highest BCUT2D eigenvalue weighted by Gasteiger charge is 2.30. The maximum atomic E-state index is 11.5. The number of hydrogen-bond donors (Lipinski definition) is 0. The monoisotopic (exact) mass is 347 g/mol. The summed E-state index contributed by atoms with van der Waals surface area (Å²) < 4.78 is 22.9. The molecular weight excluding hydrogens is 318 g/mol. The summed E-state index contributed by atoms with van der Waals surface area (Å²) in [6.45, 7) is 14.1. The quantitative estimate of drug-likeness (QED) is 0.821. The zero-order valence-corrected chi connectivity index (χ0v) is 16.3. The van der Waals surface area contributed by atoms with Crippen LogP contribution >= 0.6 is 0 Å². The van der Waals surface area contributed by atoms with Crippen LogP contribution < -0.4 is 15.3 Å². The van der Waals surface area contributed by atoms with Gasteiger partial charge < -0.3 is 4.90 Å². The maximum absolute atomic E-state index is 11.5. The minimum Gasteiger partial charge on any atom is -0.370 e. The smallest absolute Gasteiger partial charge is 0.147 e. The molecule has 0 radical (unpaired) electrons. The van der Waals surface area contributed by atoms with Crippen LogP contribution in [-0.2, 0) is 9.84 Å². The van der Waals surface area contributed by atoms with Crippen LogP contribution in [0.15, 0.2) is 24.3 Å². The normalized spacial score (nSPS) is 17.5. The van der Waals surface area contributed by atoms with Crippen molar-refractivity contribution >= 4 is 27.7 Å². The average molecular weight is 348 g/mol. The second-order valence-corrected chi connectivity index (χ2v) is 9.48. The minimum absolute atomic E-state index is 0.239. The third-order valence-corrected chi connectivity index (χ3v) is 5.51. The van der Waals surface area contributed by atoms with E-state index < -0.39 is 9.84 Å². The molecule has 4 heteroatoms. The molecule has 0 atom stereocenters. The summed E-state index contributed by atoms with van der Waals surface area (Å²) in [4.78, 5) is 2.28. The molecule has 0 aromatic heterocycles. The van der Waals surface area contributed by atoms with Crippen molar-refractivity contribution in [3.8, 4) is 0 Å². The zero-order chi connectivity index (χ0) is 18.1. The van der Waals surface area contributed by atoms with Crippen molar-refractivity contribution in [3.05, 3.63) is 40.3 Å². The highest BCUT2D eigenvalue weighted by molar-refractivity contribution is 7.90. The SMILES string of the molecule is C=C(C)/C=c1/c(C(C)C)ccc(N2CC(CS(C)(=O)=O)C2)/c1=C/C. The van der Waals surface area contributed by atoms with E-state index in [1.807, 2.05) is 6.92 Å². The van der Waals surface area contributed by atoms with E-state index in [1.165, 1.54) is 27.9 Å². The van der Waals surface area contributed by atoms with Gasteiger partial charge in [0.05, 0.1) is 5.75 Å². The number of benzene rings is 1. The molecule has 1 heterocycles. The summed E-state index contributed by atoms with van der Waals surface area (Å²) in [7, 11) is -2.90. The largest absolute Gasteiger partial charge is 0.370 e. The molecule has 1 aliphatic rings. The van der Waals surface area contributed by atoms with E-state index >= 15 is 0 Å². The van der Waals surface area contributed by atoms with Gasteiger partial charge in [-0.3, -0.25) is 0 Å². The second kappa shape index (κ2) is 7.14. The Morgan fingerprint density at radius 2 is 1.96 bits per heavy atom. The Labute approximate surface area is 146 Å². The highest BCUT2D eigenvalue weighted by atomic mass is 32.2. The summed E-state index contributed by atoms with van der Waals surface area (Å²) in [5.74, 6) is 0.963. The van der Waals surface area contributed by atoms with Crippen LogP contribution in [0.25, 0.3) is 12.2 Å². The molecule has 1 aromatic carbocycles. The van der Waals surface area contributed by atoms with Crippen molar-refractivity contribution in [2.45, 2.75) is 33.6 Å². The predicted octanol–water partition coefficient (Wildman–Crippen LogP) is 2.45.